The fourth-order valence-electron chi connectivity index (χ4n) is 3.94. The van der Waals surface area contributed by atoms with Crippen LogP contribution in [0.1, 0.15) is 92.6 Å². The van der Waals surface area contributed by atoms with E-state index in [0.717, 1.165) is 22.9 Å². The third kappa shape index (κ3) is 12.8. The third-order valence-electron chi connectivity index (χ3n) is 5.91. The minimum atomic E-state index is -4.71. The Labute approximate surface area is 221 Å². The quantitative estimate of drug-likeness (QED) is 0.188. The molecule has 8 heteroatoms. The van der Waals surface area contributed by atoms with Crippen LogP contribution in [0.5, 0.6) is 5.75 Å². The second-order valence-electron chi connectivity index (χ2n) is 9.04. The lowest BCUT2D eigenvalue weighted by Gasteiger charge is -2.12. The second-order valence-corrected chi connectivity index (χ2v) is 9.90. The van der Waals surface area contributed by atoms with Crippen molar-refractivity contribution in [1.29, 1.82) is 0 Å². The zero-order chi connectivity index (χ0) is 26.2. The summed E-state index contributed by atoms with van der Waals surface area (Å²) in [5.41, 5.74) is 2.22. The molecule has 36 heavy (non-hydrogen) atoms. The van der Waals surface area contributed by atoms with Gasteiger partial charge in [-0.2, -0.15) is 0 Å². The molecule has 0 aliphatic heterocycles. The zero-order valence-electron chi connectivity index (χ0n) is 21.1. The molecule has 2 aromatic carbocycles. The van der Waals surface area contributed by atoms with Crippen LogP contribution in [0.25, 0.3) is 0 Å². The van der Waals surface area contributed by atoms with Gasteiger partial charge >= 0.3 is 6.36 Å². The summed E-state index contributed by atoms with van der Waals surface area (Å²) in [6.07, 6.45) is 7.88. The van der Waals surface area contributed by atoms with Crippen molar-refractivity contribution in [2.45, 2.75) is 90.6 Å². The maximum absolute atomic E-state index is 12.5. The first-order chi connectivity index (χ1) is 17.3. The van der Waals surface area contributed by atoms with E-state index in [9.17, 15) is 18.0 Å². The molecule has 0 saturated heterocycles. The van der Waals surface area contributed by atoms with Crippen LogP contribution >= 0.6 is 15.9 Å². The molecule has 4 nitrogen and oxygen atoms in total. The molecule has 0 atom stereocenters. The molecule has 0 unspecified atom stereocenters. The SMILES string of the molecule is CCCCCCCCCCCCNC(=O)c1ccc(CNCc2cccc(OC(F)(F)F)c2)c(Br)c1. The first-order valence-electron chi connectivity index (χ1n) is 12.9. The molecule has 0 aromatic heterocycles. The lowest BCUT2D eigenvalue weighted by atomic mass is 10.1. The van der Waals surface area contributed by atoms with Gasteiger partial charge in [0.15, 0.2) is 0 Å². The van der Waals surface area contributed by atoms with Crippen molar-refractivity contribution >= 4 is 21.8 Å². The average Bonchev–Trinajstić information content (AvgIpc) is 2.82. The Kier molecular flexibility index (Phi) is 13.9. The van der Waals surface area contributed by atoms with E-state index in [-0.39, 0.29) is 11.7 Å². The van der Waals surface area contributed by atoms with Crippen LogP contribution in [0, 0.1) is 0 Å². The standard InChI is InChI=1S/C28H38BrF3N2O2/c1-2-3-4-5-6-7-8-9-10-11-17-34-27(35)23-15-16-24(26(29)19-23)21-33-20-22-13-12-14-25(18-22)36-28(30,31)32/h12-16,18-19,33H,2-11,17,20-21H2,1H3,(H,34,35). The summed E-state index contributed by atoms with van der Waals surface area (Å²) >= 11 is 3.52. The minimum Gasteiger partial charge on any atom is -0.406 e. The van der Waals surface area contributed by atoms with Gasteiger partial charge < -0.3 is 15.4 Å². The number of carbonyl (C=O) groups is 1. The van der Waals surface area contributed by atoms with E-state index < -0.39 is 6.36 Å². The van der Waals surface area contributed by atoms with E-state index in [0.29, 0.717) is 30.8 Å². The molecule has 0 aliphatic rings. The number of halogens is 4. The van der Waals surface area contributed by atoms with Crippen LogP contribution in [0.4, 0.5) is 13.2 Å². The fraction of sp³-hybridized carbons (Fsp3) is 0.536. The van der Waals surface area contributed by atoms with Gasteiger partial charge in [-0.15, -0.1) is 13.2 Å². The van der Waals surface area contributed by atoms with Gasteiger partial charge in [0.2, 0.25) is 0 Å². The van der Waals surface area contributed by atoms with Crippen LogP contribution in [0.15, 0.2) is 46.9 Å². The van der Waals surface area contributed by atoms with Crippen molar-refractivity contribution in [3.8, 4) is 5.75 Å². The molecule has 200 valence electrons. The summed E-state index contributed by atoms with van der Waals surface area (Å²) in [4.78, 5) is 12.5. The maximum Gasteiger partial charge on any atom is 0.573 e. The monoisotopic (exact) mass is 570 g/mol. The van der Waals surface area contributed by atoms with Crippen molar-refractivity contribution in [2.24, 2.45) is 0 Å². The van der Waals surface area contributed by atoms with Gasteiger partial charge in [0.05, 0.1) is 0 Å². The van der Waals surface area contributed by atoms with Crippen molar-refractivity contribution in [2.75, 3.05) is 6.54 Å². The number of carbonyl (C=O) groups excluding carboxylic acids is 1. The van der Waals surface area contributed by atoms with Crippen molar-refractivity contribution < 1.29 is 22.7 Å². The smallest absolute Gasteiger partial charge is 0.406 e. The molecule has 0 heterocycles. The zero-order valence-corrected chi connectivity index (χ0v) is 22.6. The highest BCUT2D eigenvalue weighted by Crippen LogP contribution is 2.24. The lowest BCUT2D eigenvalue weighted by Crippen LogP contribution is -2.24. The first kappa shape index (κ1) is 30.2. The molecular weight excluding hydrogens is 533 g/mol. The number of nitrogens with one attached hydrogen (secondary N) is 2. The summed E-state index contributed by atoms with van der Waals surface area (Å²) in [6, 6.07) is 11.3. The summed E-state index contributed by atoms with van der Waals surface area (Å²) in [7, 11) is 0. The van der Waals surface area contributed by atoms with Crippen LogP contribution in [-0.2, 0) is 13.1 Å². The Bertz CT molecular complexity index is 922. The van der Waals surface area contributed by atoms with E-state index in [2.05, 4.69) is 38.2 Å². The number of unbranched alkanes of at least 4 members (excludes halogenated alkanes) is 9. The summed E-state index contributed by atoms with van der Waals surface area (Å²) in [5, 5.41) is 6.20. The number of alkyl halides is 3. The van der Waals surface area contributed by atoms with Gasteiger partial charge in [-0.25, -0.2) is 0 Å². The molecule has 0 saturated carbocycles. The topological polar surface area (TPSA) is 50.4 Å². The highest BCUT2D eigenvalue weighted by Gasteiger charge is 2.31. The number of rotatable bonds is 17. The van der Waals surface area contributed by atoms with E-state index in [1.165, 1.54) is 69.6 Å². The van der Waals surface area contributed by atoms with Gasteiger partial charge in [-0.1, -0.05) is 98.8 Å². The van der Waals surface area contributed by atoms with E-state index >= 15 is 0 Å². The fourth-order valence-corrected chi connectivity index (χ4v) is 4.46. The Morgan fingerprint density at radius 2 is 1.56 bits per heavy atom. The van der Waals surface area contributed by atoms with E-state index in [1.807, 2.05) is 6.07 Å². The van der Waals surface area contributed by atoms with Crippen molar-refractivity contribution in [3.05, 3.63) is 63.6 Å². The lowest BCUT2D eigenvalue weighted by molar-refractivity contribution is -0.274. The number of benzene rings is 2. The first-order valence-corrected chi connectivity index (χ1v) is 13.7. The Morgan fingerprint density at radius 1 is 0.889 bits per heavy atom. The molecule has 2 rings (SSSR count). The molecule has 0 aliphatic carbocycles. The molecule has 0 spiro atoms. The Balaban J connectivity index is 1.65. The van der Waals surface area contributed by atoms with Crippen molar-refractivity contribution in [3.63, 3.8) is 0 Å². The second kappa shape index (κ2) is 16.6. The molecular formula is C28H38BrF3N2O2. The Morgan fingerprint density at radius 3 is 2.19 bits per heavy atom. The molecule has 0 bridgehead atoms. The normalized spacial score (nSPS) is 11.5. The third-order valence-corrected chi connectivity index (χ3v) is 6.65. The molecule has 0 fully saturated rings. The summed E-state index contributed by atoms with van der Waals surface area (Å²) < 4.78 is 41.9. The molecule has 1 amide bonds. The van der Waals surface area contributed by atoms with Crippen LogP contribution in [0.2, 0.25) is 0 Å². The highest BCUT2D eigenvalue weighted by molar-refractivity contribution is 9.10. The molecule has 2 aromatic rings. The van der Waals surface area contributed by atoms with Crippen LogP contribution < -0.4 is 15.4 Å². The van der Waals surface area contributed by atoms with E-state index in [4.69, 9.17) is 0 Å². The number of ether oxygens (including phenoxy) is 1. The van der Waals surface area contributed by atoms with Gasteiger partial charge in [0.25, 0.3) is 5.91 Å². The van der Waals surface area contributed by atoms with Gasteiger partial charge in [-0.3, -0.25) is 4.79 Å². The highest BCUT2D eigenvalue weighted by atomic mass is 79.9. The van der Waals surface area contributed by atoms with Gasteiger partial charge in [0, 0.05) is 29.7 Å². The van der Waals surface area contributed by atoms with Crippen LogP contribution in [0.3, 0.4) is 0 Å². The van der Waals surface area contributed by atoms with Crippen molar-refractivity contribution in [1.82, 2.24) is 10.6 Å². The summed E-state index contributed by atoms with van der Waals surface area (Å²) in [5.74, 6) is -0.330. The Hall–Kier alpha value is -2.06. The maximum atomic E-state index is 12.5. The minimum absolute atomic E-state index is 0.0902. The van der Waals surface area contributed by atoms with Gasteiger partial charge in [-0.05, 0) is 41.8 Å². The summed E-state index contributed by atoms with van der Waals surface area (Å²) in [6.45, 7) is 3.78. The predicted molar refractivity (Wildman–Crippen MR) is 142 cm³/mol. The number of amides is 1. The van der Waals surface area contributed by atoms with Crippen LogP contribution in [-0.4, -0.2) is 18.8 Å². The largest absolute Gasteiger partial charge is 0.573 e. The average molecular weight is 572 g/mol. The number of hydrogen-bond acceptors (Lipinski definition) is 3. The van der Waals surface area contributed by atoms with Gasteiger partial charge in [0.1, 0.15) is 5.75 Å². The number of hydrogen-bond donors (Lipinski definition) is 2. The van der Waals surface area contributed by atoms with E-state index in [1.54, 1.807) is 18.2 Å². The predicted octanol–water partition coefficient (Wildman–Crippen LogP) is 8.29. The molecule has 2 N–H and O–H groups in total. The molecule has 0 radical (unpaired) electrons.